The van der Waals surface area contributed by atoms with Gasteiger partial charge in [-0.05, 0) is 38.0 Å². The van der Waals surface area contributed by atoms with Crippen molar-refractivity contribution in [3.63, 3.8) is 0 Å². The van der Waals surface area contributed by atoms with Crippen LogP contribution in [0.4, 0.5) is 0 Å². The molecule has 4 heteroatoms. The van der Waals surface area contributed by atoms with Gasteiger partial charge in [0.05, 0.1) is 12.1 Å². The van der Waals surface area contributed by atoms with Crippen LogP contribution in [0.5, 0.6) is 0 Å². The summed E-state index contributed by atoms with van der Waals surface area (Å²) >= 11 is 0. The standard InChI is InChI=1S/C14H25NO3/c16-13-6-2-1-5-12(13)15-14(17)8-7-11-4-3-9-18-10-11/h11-13,16H,1-10H2,(H,15,17). The van der Waals surface area contributed by atoms with Crippen LogP contribution in [-0.4, -0.2) is 36.4 Å². The zero-order valence-electron chi connectivity index (χ0n) is 11.1. The summed E-state index contributed by atoms with van der Waals surface area (Å²) in [5.74, 6) is 0.632. The summed E-state index contributed by atoms with van der Waals surface area (Å²) in [5.41, 5.74) is 0. The highest BCUT2D eigenvalue weighted by molar-refractivity contribution is 5.76. The molecule has 1 heterocycles. The molecule has 0 spiro atoms. The van der Waals surface area contributed by atoms with Crippen molar-refractivity contribution in [2.24, 2.45) is 5.92 Å². The molecule has 1 amide bonds. The van der Waals surface area contributed by atoms with Crippen molar-refractivity contribution in [3.8, 4) is 0 Å². The number of aliphatic hydroxyl groups is 1. The summed E-state index contributed by atoms with van der Waals surface area (Å²) < 4.78 is 5.41. The fourth-order valence-corrected chi connectivity index (χ4v) is 2.93. The largest absolute Gasteiger partial charge is 0.391 e. The molecule has 2 N–H and O–H groups in total. The second-order valence-electron chi connectivity index (χ2n) is 5.65. The third kappa shape index (κ3) is 4.25. The number of ether oxygens (including phenoxy) is 1. The molecule has 1 aliphatic heterocycles. The van der Waals surface area contributed by atoms with Crippen LogP contribution in [-0.2, 0) is 9.53 Å². The molecular formula is C14H25NO3. The second-order valence-corrected chi connectivity index (χ2v) is 5.65. The first-order chi connectivity index (χ1) is 8.75. The van der Waals surface area contributed by atoms with Crippen LogP contribution < -0.4 is 5.32 Å². The Kier molecular flexibility index (Phi) is 5.45. The highest BCUT2D eigenvalue weighted by atomic mass is 16.5. The van der Waals surface area contributed by atoms with Crippen LogP contribution in [0.25, 0.3) is 0 Å². The number of hydrogen-bond acceptors (Lipinski definition) is 3. The van der Waals surface area contributed by atoms with E-state index in [0.717, 1.165) is 51.7 Å². The lowest BCUT2D eigenvalue weighted by atomic mass is 9.92. The van der Waals surface area contributed by atoms with Gasteiger partial charge >= 0.3 is 0 Å². The molecule has 2 fully saturated rings. The van der Waals surface area contributed by atoms with E-state index in [2.05, 4.69) is 5.32 Å². The Balaban J connectivity index is 1.64. The summed E-state index contributed by atoms with van der Waals surface area (Å²) in [4.78, 5) is 11.8. The first kappa shape index (κ1) is 13.8. The smallest absolute Gasteiger partial charge is 0.220 e. The summed E-state index contributed by atoms with van der Waals surface area (Å²) in [5, 5.41) is 12.8. The molecule has 0 radical (unpaired) electrons. The average Bonchev–Trinajstić information content (AvgIpc) is 2.40. The SMILES string of the molecule is O=C(CCC1CCCOC1)NC1CCCCC1O. The van der Waals surface area contributed by atoms with E-state index in [4.69, 9.17) is 4.74 Å². The van der Waals surface area contributed by atoms with Crippen LogP contribution in [0.2, 0.25) is 0 Å². The van der Waals surface area contributed by atoms with E-state index >= 15 is 0 Å². The molecular weight excluding hydrogens is 230 g/mol. The summed E-state index contributed by atoms with van der Waals surface area (Å²) in [6.07, 6.45) is 7.35. The number of amides is 1. The molecule has 18 heavy (non-hydrogen) atoms. The first-order valence-corrected chi connectivity index (χ1v) is 7.31. The van der Waals surface area contributed by atoms with E-state index in [-0.39, 0.29) is 18.1 Å². The van der Waals surface area contributed by atoms with Crippen molar-refractivity contribution >= 4 is 5.91 Å². The van der Waals surface area contributed by atoms with Gasteiger partial charge in [0.25, 0.3) is 0 Å². The van der Waals surface area contributed by atoms with E-state index in [9.17, 15) is 9.90 Å². The van der Waals surface area contributed by atoms with Gasteiger partial charge in [-0.1, -0.05) is 12.8 Å². The van der Waals surface area contributed by atoms with Gasteiger partial charge in [0, 0.05) is 19.6 Å². The van der Waals surface area contributed by atoms with Crippen molar-refractivity contribution in [2.75, 3.05) is 13.2 Å². The van der Waals surface area contributed by atoms with E-state index in [1.165, 1.54) is 6.42 Å². The molecule has 3 atom stereocenters. The Morgan fingerprint density at radius 3 is 2.78 bits per heavy atom. The molecule has 2 rings (SSSR count). The Hall–Kier alpha value is -0.610. The van der Waals surface area contributed by atoms with Gasteiger partial charge < -0.3 is 15.2 Å². The van der Waals surface area contributed by atoms with Gasteiger partial charge in [0.15, 0.2) is 0 Å². The fourth-order valence-electron chi connectivity index (χ4n) is 2.93. The zero-order chi connectivity index (χ0) is 12.8. The first-order valence-electron chi connectivity index (χ1n) is 7.31. The van der Waals surface area contributed by atoms with Crippen LogP contribution >= 0.6 is 0 Å². The topological polar surface area (TPSA) is 58.6 Å². The number of hydrogen-bond donors (Lipinski definition) is 2. The van der Waals surface area contributed by atoms with Crippen LogP contribution in [0.15, 0.2) is 0 Å². The minimum atomic E-state index is -0.347. The third-order valence-electron chi connectivity index (χ3n) is 4.11. The number of nitrogens with one attached hydrogen (secondary N) is 1. The molecule has 0 aromatic rings. The van der Waals surface area contributed by atoms with Crippen LogP contribution in [0, 0.1) is 5.92 Å². The van der Waals surface area contributed by atoms with Crippen molar-refractivity contribution < 1.29 is 14.6 Å². The number of rotatable bonds is 4. The monoisotopic (exact) mass is 255 g/mol. The summed E-state index contributed by atoms with van der Waals surface area (Å²) in [6, 6.07) is -0.0196. The predicted octanol–water partition coefficient (Wildman–Crippen LogP) is 1.61. The third-order valence-corrected chi connectivity index (χ3v) is 4.11. The molecule has 2 aliphatic rings. The molecule has 1 saturated carbocycles. The number of aliphatic hydroxyl groups excluding tert-OH is 1. The lowest BCUT2D eigenvalue weighted by molar-refractivity contribution is -0.123. The molecule has 104 valence electrons. The second kappa shape index (κ2) is 7.10. The van der Waals surface area contributed by atoms with Crippen LogP contribution in [0.3, 0.4) is 0 Å². The molecule has 4 nitrogen and oxygen atoms in total. The maximum atomic E-state index is 11.8. The highest BCUT2D eigenvalue weighted by Crippen LogP contribution is 2.20. The maximum absolute atomic E-state index is 11.8. The normalized spacial score (nSPS) is 33.1. The lowest BCUT2D eigenvalue weighted by Crippen LogP contribution is -2.45. The van der Waals surface area contributed by atoms with Gasteiger partial charge in [-0.2, -0.15) is 0 Å². The molecule has 0 aromatic carbocycles. The van der Waals surface area contributed by atoms with Crippen molar-refractivity contribution in [1.29, 1.82) is 0 Å². The molecule has 3 unspecified atom stereocenters. The van der Waals surface area contributed by atoms with Gasteiger partial charge in [-0.3, -0.25) is 4.79 Å². The Morgan fingerprint density at radius 1 is 1.22 bits per heavy atom. The maximum Gasteiger partial charge on any atom is 0.220 e. The molecule has 1 saturated heterocycles. The van der Waals surface area contributed by atoms with E-state index < -0.39 is 0 Å². The van der Waals surface area contributed by atoms with Crippen molar-refractivity contribution in [2.45, 2.75) is 63.5 Å². The average molecular weight is 255 g/mol. The van der Waals surface area contributed by atoms with Crippen molar-refractivity contribution in [1.82, 2.24) is 5.32 Å². The van der Waals surface area contributed by atoms with Gasteiger partial charge in [-0.15, -0.1) is 0 Å². The Bertz CT molecular complexity index is 264. The van der Waals surface area contributed by atoms with E-state index in [1.54, 1.807) is 0 Å². The minimum absolute atomic E-state index is 0.0196. The highest BCUT2D eigenvalue weighted by Gasteiger charge is 2.24. The molecule has 0 aromatic heterocycles. The minimum Gasteiger partial charge on any atom is -0.391 e. The van der Waals surface area contributed by atoms with E-state index in [0.29, 0.717) is 12.3 Å². The summed E-state index contributed by atoms with van der Waals surface area (Å²) in [6.45, 7) is 1.68. The van der Waals surface area contributed by atoms with E-state index in [1.807, 2.05) is 0 Å². The van der Waals surface area contributed by atoms with Gasteiger partial charge in [0.2, 0.25) is 5.91 Å². The zero-order valence-corrected chi connectivity index (χ0v) is 11.1. The quantitative estimate of drug-likeness (QED) is 0.802. The fraction of sp³-hybridized carbons (Fsp3) is 0.929. The predicted molar refractivity (Wildman–Crippen MR) is 69.2 cm³/mol. The Labute approximate surface area is 109 Å². The number of carbonyl (C=O) groups is 1. The van der Waals surface area contributed by atoms with Crippen molar-refractivity contribution in [3.05, 3.63) is 0 Å². The van der Waals surface area contributed by atoms with Gasteiger partial charge in [-0.25, -0.2) is 0 Å². The number of carbonyl (C=O) groups excluding carboxylic acids is 1. The lowest BCUT2D eigenvalue weighted by Gasteiger charge is -2.28. The molecule has 1 aliphatic carbocycles. The Morgan fingerprint density at radius 2 is 2.06 bits per heavy atom. The van der Waals surface area contributed by atoms with Gasteiger partial charge in [0.1, 0.15) is 0 Å². The van der Waals surface area contributed by atoms with Crippen LogP contribution in [0.1, 0.15) is 51.4 Å². The summed E-state index contributed by atoms with van der Waals surface area (Å²) in [7, 11) is 0. The molecule has 0 bridgehead atoms.